The molecule has 1 fully saturated rings. The Morgan fingerprint density at radius 1 is 1.00 bits per heavy atom. The van der Waals surface area contributed by atoms with Crippen LogP contribution in [0.3, 0.4) is 0 Å². The summed E-state index contributed by atoms with van der Waals surface area (Å²) in [4.78, 5) is 5.13. The van der Waals surface area contributed by atoms with Crippen molar-refractivity contribution in [3.8, 4) is 0 Å². The number of fused-ring (bicyclic) bond motifs is 1. The first kappa shape index (κ1) is 15.0. The number of rotatable bonds is 1. The molecular weight excluding hydrogens is 258 g/mol. The summed E-state index contributed by atoms with van der Waals surface area (Å²) in [6.07, 6.45) is 1.18. The number of likely N-dealkylation sites (N-methyl/N-ethyl adjacent to an activating group) is 1. The topological polar surface area (TPSA) is 32.5 Å². The van der Waals surface area contributed by atoms with Crippen molar-refractivity contribution in [2.75, 3.05) is 20.1 Å². The van der Waals surface area contributed by atoms with E-state index >= 15 is 0 Å². The van der Waals surface area contributed by atoms with Crippen LogP contribution in [0, 0.1) is 0 Å². The Hall–Kier alpha value is -0.900. The van der Waals surface area contributed by atoms with Gasteiger partial charge in [0.25, 0.3) is 0 Å². The lowest BCUT2D eigenvalue weighted by molar-refractivity contribution is 0.0196. The Morgan fingerprint density at radius 3 is 2.19 bits per heavy atom. The fourth-order valence-electron chi connectivity index (χ4n) is 4.20. The fourth-order valence-corrected chi connectivity index (χ4v) is 4.20. The van der Waals surface area contributed by atoms with E-state index in [2.05, 4.69) is 61.9 Å². The molecule has 5 unspecified atom stereocenters. The highest BCUT2D eigenvalue weighted by Crippen LogP contribution is 2.39. The van der Waals surface area contributed by atoms with Gasteiger partial charge in [-0.05, 0) is 44.4 Å². The van der Waals surface area contributed by atoms with Gasteiger partial charge in [-0.2, -0.15) is 0 Å². The lowest BCUT2D eigenvalue weighted by Crippen LogP contribution is -2.59. The van der Waals surface area contributed by atoms with Crippen LogP contribution in [0.5, 0.6) is 0 Å². The van der Waals surface area contributed by atoms with E-state index in [1.54, 1.807) is 0 Å². The van der Waals surface area contributed by atoms with Gasteiger partial charge in [-0.3, -0.25) is 9.80 Å². The van der Waals surface area contributed by atoms with Crippen molar-refractivity contribution in [3.63, 3.8) is 0 Å². The first-order chi connectivity index (χ1) is 9.99. The van der Waals surface area contributed by atoms with E-state index < -0.39 is 0 Å². The molecule has 1 saturated heterocycles. The zero-order valence-electron chi connectivity index (χ0n) is 13.8. The second-order valence-corrected chi connectivity index (χ2v) is 7.18. The van der Waals surface area contributed by atoms with Gasteiger partial charge in [-0.25, -0.2) is 0 Å². The summed E-state index contributed by atoms with van der Waals surface area (Å²) in [5.41, 5.74) is 9.47. The lowest BCUT2D eigenvalue weighted by atomic mass is 9.77. The molecule has 0 amide bonds. The van der Waals surface area contributed by atoms with Crippen LogP contribution in [-0.2, 0) is 0 Å². The smallest absolute Gasteiger partial charge is 0.0456 e. The molecule has 3 nitrogen and oxygen atoms in total. The Bertz CT molecular complexity index is 489. The number of piperazine rings is 1. The summed E-state index contributed by atoms with van der Waals surface area (Å²) < 4.78 is 0. The van der Waals surface area contributed by atoms with Crippen LogP contribution < -0.4 is 5.73 Å². The molecule has 1 aliphatic heterocycles. The van der Waals surface area contributed by atoms with Crippen LogP contribution in [0.15, 0.2) is 24.3 Å². The zero-order valence-corrected chi connectivity index (χ0v) is 13.8. The third-order valence-electron chi connectivity index (χ3n) is 5.75. The highest BCUT2D eigenvalue weighted by molar-refractivity contribution is 5.36. The van der Waals surface area contributed by atoms with Gasteiger partial charge in [0, 0.05) is 37.3 Å². The maximum absolute atomic E-state index is 6.65. The molecule has 3 heteroatoms. The Morgan fingerprint density at radius 2 is 1.57 bits per heavy atom. The molecule has 0 spiro atoms. The predicted octanol–water partition coefficient (Wildman–Crippen LogP) is 2.59. The van der Waals surface area contributed by atoms with Crippen LogP contribution in [0.25, 0.3) is 0 Å². The standard InChI is InChI=1S/C18H29N3/c1-12-9-17(18(19)16-8-6-5-7-15(12)16)21-10-13(2)20(4)14(3)11-21/h5-8,12-14,17-18H,9-11,19H2,1-4H3. The van der Waals surface area contributed by atoms with Gasteiger partial charge in [0.15, 0.2) is 0 Å². The molecule has 1 heterocycles. The van der Waals surface area contributed by atoms with E-state index in [1.165, 1.54) is 17.5 Å². The molecule has 21 heavy (non-hydrogen) atoms. The summed E-state index contributed by atoms with van der Waals surface area (Å²) in [5.74, 6) is 0.608. The molecule has 116 valence electrons. The number of hydrogen-bond acceptors (Lipinski definition) is 3. The van der Waals surface area contributed by atoms with Gasteiger partial charge in [0.2, 0.25) is 0 Å². The van der Waals surface area contributed by atoms with Gasteiger partial charge >= 0.3 is 0 Å². The van der Waals surface area contributed by atoms with Gasteiger partial charge in [0.05, 0.1) is 0 Å². The maximum atomic E-state index is 6.65. The minimum Gasteiger partial charge on any atom is -0.323 e. The quantitative estimate of drug-likeness (QED) is 0.862. The van der Waals surface area contributed by atoms with Crippen LogP contribution in [0.2, 0.25) is 0 Å². The van der Waals surface area contributed by atoms with E-state index in [4.69, 9.17) is 5.73 Å². The van der Waals surface area contributed by atoms with Crippen LogP contribution >= 0.6 is 0 Å². The van der Waals surface area contributed by atoms with E-state index in [-0.39, 0.29) is 6.04 Å². The van der Waals surface area contributed by atoms with Crippen molar-refractivity contribution >= 4 is 0 Å². The first-order valence-electron chi connectivity index (χ1n) is 8.29. The average Bonchev–Trinajstić information content (AvgIpc) is 2.48. The maximum Gasteiger partial charge on any atom is 0.0456 e. The van der Waals surface area contributed by atoms with Gasteiger partial charge in [-0.1, -0.05) is 31.2 Å². The molecule has 2 aliphatic rings. The van der Waals surface area contributed by atoms with E-state index in [0.717, 1.165) is 13.1 Å². The molecule has 0 radical (unpaired) electrons. The molecule has 5 atom stereocenters. The molecule has 1 aromatic rings. The molecule has 1 aliphatic carbocycles. The third-order valence-corrected chi connectivity index (χ3v) is 5.75. The monoisotopic (exact) mass is 287 g/mol. The van der Waals surface area contributed by atoms with Crippen LogP contribution in [-0.4, -0.2) is 48.1 Å². The van der Waals surface area contributed by atoms with Crippen LogP contribution in [0.1, 0.15) is 50.3 Å². The number of benzene rings is 1. The molecule has 0 aromatic heterocycles. The minimum atomic E-state index is 0.153. The lowest BCUT2D eigenvalue weighted by Gasteiger charge is -2.49. The van der Waals surface area contributed by atoms with Gasteiger partial charge in [-0.15, -0.1) is 0 Å². The molecule has 2 N–H and O–H groups in total. The highest BCUT2D eigenvalue weighted by atomic mass is 15.3. The summed E-state index contributed by atoms with van der Waals surface area (Å²) in [6, 6.07) is 10.6. The number of nitrogens with two attached hydrogens (primary N) is 1. The second kappa shape index (κ2) is 5.71. The average molecular weight is 287 g/mol. The van der Waals surface area contributed by atoms with Crippen molar-refractivity contribution in [1.29, 1.82) is 0 Å². The number of hydrogen-bond donors (Lipinski definition) is 1. The zero-order chi connectivity index (χ0) is 15.1. The van der Waals surface area contributed by atoms with Crippen LogP contribution in [0.4, 0.5) is 0 Å². The molecular formula is C18H29N3. The fraction of sp³-hybridized carbons (Fsp3) is 0.667. The molecule has 3 rings (SSSR count). The van der Waals surface area contributed by atoms with Gasteiger partial charge in [0.1, 0.15) is 0 Å². The van der Waals surface area contributed by atoms with E-state index in [9.17, 15) is 0 Å². The highest BCUT2D eigenvalue weighted by Gasteiger charge is 2.38. The normalized spacial score (nSPS) is 38.2. The first-order valence-corrected chi connectivity index (χ1v) is 8.29. The van der Waals surface area contributed by atoms with E-state index in [1.807, 2.05) is 0 Å². The van der Waals surface area contributed by atoms with Crippen molar-refractivity contribution < 1.29 is 0 Å². The Labute approximate surface area is 129 Å². The van der Waals surface area contributed by atoms with Crippen molar-refractivity contribution in [2.24, 2.45) is 5.73 Å². The van der Waals surface area contributed by atoms with Crippen molar-refractivity contribution in [3.05, 3.63) is 35.4 Å². The van der Waals surface area contributed by atoms with Crippen molar-refractivity contribution in [2.45, 2.75) is 57.3 Å². The Balaban J connectivity index is 1.84. The molecule has 0 bridgehead atoms. The number of nitrogens with zero attached hydrogens (tertiary/aromatic N) is 2. The molecule has 1 aromatic carbocycles. The summed E-state index contributed by atoms with van der Waals surface area (Å²) in [6.45, 7) is 9.27. The second-order valence-electron chi connectivity index (χ2n) is 7.18. The summed E-state index contributed by atoms with van der Waals surface area (Å²) in [5, 5.41) is 0. The Kier molecular flexibility index (Phi) is 4.08. The summed E-state index contributed by atoms with van der Waals surface area (Å²) in [7, 11) is 2.24. The predicted molar refractivity (Wildman–Crippen MR) is 88.5 cm³/mol. The summed E-state index contributed by atoms with van der Waals surface area (Å²) >= 11 is 0. The van der Waals surface area contributed by atoms with Crippen molar-refractivity contribution in [1.82, 2.24) is 9.80 Å². The third kappa shape index (κ3) is 2.63. The SMILES string of the molecule is CC1CC(N2CC(C)N(C)C(C)C2)C(N)c2ccccc21. The minimum absolute atomic E-state index is 0.153. The molecule has 0 saturated carbocycles. The van der Waals surface area contributed by atoms with Gasteiger partial charge < -0.3 is 5.73 Å². The largest absolute Gasteiger partial charge is 0.323 e. The van der Waals surface area contributed by atoms with E-state index in [0.29, 0.717) is 24.0 Å².